The minimum atomic E-state index is -4.75. The van der Waals surface area contributed by atoms with Gasteiger partial charge in [-0.15, -0.1) is 20.4 Å². The largest absolute Gasteiger partial charge is 0.497 e. The van der Waals surface area contributed by atoms with Crippen molar-refractivity contribution in [2.45, 2.75) is 32.4 Å². The number of ether oxygens (including phenoxy) is 7. The number of nitrogens with one attached hydrogen (secondary N) is 8. The molecule has 0 aliphatic carbocycles. The number of aryl methyl sites for hydroxylation is 1. The fourth-order valence-corrected chi connectivity index (χ4v) is 8.04. The third-order valence-corrected chi connectivity index (χ3v) is 12.8. The Morgan fingerprint density at radius 1 is 0.583 bits per heavy atom. The third-order valence-electron chi connectivity index (χ3n) is 11.0. The van der Waals surface area contributed by atoms with E-state index < -0.39 is 80.7 Å². The maximum atomic E-state index is 13.7. The highest BCUT2D eigenvalue weighted by atomic mass is 32.1. The van der Waals surface area contributed by atoms with Crippen molar-refractivity contribution in [2.75, 3.05) is 97.9 Å². The van der Waals surface area contributed by atoms with Crippen molar-refractivity contribution in [3.05, 3.63) is 134 Å². The van der Waals surface area contributed by atoms with Gasteiger partial charge in [-0.25, -0.2) is 28.6 Å². The Hall–Kier alpha value is -11.6. The Morgan fingerprint density at radius 2 is 1.11 bits per heavy atom. The number of nitrogens with zero attached hydrogens (tertiary/aromatic N) is 8. The van der Waals surface area contributed by atoms with Gasteiger partial charge in [0.1, 0.15) is 52.8 Å². The molecule has 8 rings (SSSR count). The molecule has 8 aromatic rings. The maximum Gasteiger partial charge on any atom is 0.452 e. The lowest BCUT2D eigenvalue weighted by Crippen LogP contribution is -2.20. The Labute approximate surface area is 541 Å². The molecule has 30 nitrogen and oxygen atoms in total. The van der Waals surface area contributed by atoms with Gasteiger partial charge < -0.3 is 64.3 Å². The van der Waals surface area contributed by atoms with E-state index in [4.69, 9.17) is 38.4 Å². The number of urea groups is 4. The van der Waals surface area contributed by atoms with Crippen LogP contribution in [0, 0.1) is 34.2 Å². The van der Waals surface area contributed by atoms with Crippen LogP contribution in [-0.2, 0) is 23.3 Å². The smallest absolute Gasteiger partial charge is 0.452 e. The Bertz CT molecular complexity index is 4000. The minimum Gasteiger partial charge on any atom is -0.497 e. The average Bonchev–Trinajstić information content (AvgIpc) is 1.39. The van der Waals surface area contributed by atoms with Gasteiger partial charge in [0.05, 0.1) is 75.9 Å². The van der Waals surface area contributed by atoms with Gasteiger partial charge in [0, 0.05) is 37.1 Å². The van der Waals surface area contributed by atoms with E-state index in [1.165, 1.54) is 71.0 Å². The molecule has 0 saturated heterocycles. The molecule has 0 fully saturated rings. The molecule has 4 heterocycles. The molecular weight excluding hydrogens is 1350 g/mol. The summed E-state index contributed by atoms with van der Waals surface area (Å²) < 4.78 is 165. The van der Waals surface area contributed by atoms with Gasteiger partial charge >= 0.3 is 42.7 Å². The number of rotatable bonds is 19. The number of nitro benzene ring substituents is 1. The molecule has 0 bridgehead atoms. The predicted molar refractivity (Wildman–Crippen MR) is 323 cm³/mol. The Morgan fingerprint density at radius 3 is 1.61 bits per heavy atom. The van der Waals surface area contributed by atoms with Crippen molar-refractivity contribution < 1.29 is 106 Å². The number of halogens is 10. The zero-order valence-corrected chi connectivity index (χ0v) is 51.8. The van der Waals surface area contributed by atoms with Crippen molar-refractivity contribution >= 4 is 97.0 Å². The molecule has 512 valence electrons. The summed E-state index contributed by atoms with van der Waals surface area (Å²) in [4.78, 5) is 61.6. The van der Waals surface area contributed by atoms with Crippen LogP contribution in [0.25, 0.3) is 0 Å². The van der Waals surface area contributed by atoms with E-state index in [-0.39, 0.29) is 73.9 Å². The molecule has 0 saturated carbocycles. The lowest BCUT2D eigenvalue weighted by molar-refractivity contribution is -0.384. The van der Waals surface area contributed by atoms with Crippen LogP contribution in [0.15, 0.2) is 95.6 Å². The molecule has 0 aliphatic rings. The van der Waals surface area contributed by atoms with Gasteiger partial charge in [0.25, 0.3) is 5.69 Å². The number of aromatic nitrogens is 6. The Kier molecular flexibility index (Phi) is 27.3. The van der Waals surface area contributed by atoms with E-state index >= 15 is 0 Å². The van der Waals surface area contributed by atoms with Gasteiger partial charge in [-0.2, -0.15) is 44.8 Å². The molecule has 4 aromatic heterocycles. The Balaban J connectivity index is 0.000000232. The van der Waals surface area contributed by atoms with E-state index in [1.807, 2.05) is 11.4 Å². The summed E-state index contributed by atoms with van der Waals surface area (Å²) in [6.45, 7) is 4.49. The first-order chi connectivity index (χ1) is 45.4. The number of amides is 8. The zero-order chi connectivity index (χ0) is 70.9. The number of nitro groups is 1. The van der Waals surface area contributed by atoms with Crippen molar-refractivity contribution in [1.82, 2.24) is 30.5 Å². The molecule has 4 aromatic carbocycles. The van der Waals surface area contributed by atoms with E-state index in [9.17, 15) is 73.2 Å². The summed E-state index contributed by atoms with van der Waals surface area (Å²) in [6.07, 6.45) is -12.6. The summed E-state index contributed by atoms with van der Waals surface area (Å²) in [5, 5.41) is 50.9. The molecule has 0 unspecified atom stereocenters. The highest BCUT2D eigenvalue weighted by Gasteiger charge is 2.38. The van der Waals surface area contributed by atoms with Gasteiger partial charge in [0.15, 0.2) is 17.4 Å². The monoisotopic (exact) mass is 1400 g/mol. The molecule has 0 spiro atoms. The molecule has 96 heavy (non-hydrogen) atoms. The highest BCUT2D eigenvalue weighted by molar-refractivity contribution is 7.15. The summed E-state index contributed by atoms with van der Waals surface area (Å²) in [5.74, 6) is -0.613. The second-order valence-corrected chi connectivity index (χ2v) is 19.7. The maximum absolute atomic E-state index is 13.7. The molecule has 0 radical (unpaired) electrons. The molecule has 8 N–H and O–H groups in total. The number of benzene rings is 4. The second-order valence-electron chi connectivity index (χ2n) is 17.7. The summed E-state index contributed by atoms with van der Waals surface area (Å²) in [7, 11) is 7.18. The summed E-state index contributed by atoms with van der Waals surface area (Å²) in [6, 6.07) is 18.0. The highest BCUT2D eigenvalue weighted by Crippen LogP contribution is 2.37. The van der Waals surface area contributed by atoms with Crippen molar-refractivity contribution in [3.63, 3.8) is 0 Å². The number of pyridine rings is 1. The molecule has 42 heteroatoms. The standard InChI is InChI=1S/C15H13FN4O3.C14H15F3N4O4S.C13H11F3N4O5.C12H11F3N4O2S/c1-22-13-6-14(23-2)12(5-11(13)16)20-15(21)19-10-4-3-9(7-17)18-8-10;1-23-5-6-25-8-3-4-9(10(7-8)24-2)18-12(22)19-13-21-20-11(26-13)14(15,16)17;1-2-24-7-3-4-8(9(5-7)20(22)23)17-12(21)18-11-6-10(25-19-11)13(14,15)16;1-6-5-7(21-2)3-4-8(6)16-10(20)17-11-19-18-9(22-11)12(13,14)15/h3-6,8H,1-2H3,(H2,19,20,21);3-4,7H,5-6H2,1-2H3,(H2,18,19,21,22);3-6H,2H2,1H3,(H2,17,18,19,21);3-5H,1-2H3,(H2,16,17,19,20). The summed E-state index contributed by atoms with van der Waals surface area (Å²) in [5.41, 5.74) is 1.67. The van der Waals surface area contributed by atoms with Crippen LogP contribution in [0.4, 0.5) is 113 Å². The van der Waals surface area contributed by atoms with Crippen molar-refractivity contribution in [2.24, 2.45) is 0 Å². The van der Waals surface area contributed by atoms with Crippen molar-refractivity contribution in [3.8, 4) is 40.6 Å². The fourth-order valence-electron chi connectivity index (χ4n) is 6.83. The molecule has 0 aliphatic heterocycles. The number of hydrogen-bond acceptors (Lipinski definition) is 23. The van der Waals surface area contributed by atoms with Crippen LogP contribution < -0.4 is 71.0 Å². The molecular formula is C54H50F10N16O14S2. The van der Waals surface area contributed by atoms with E-state index in [0.717, 1.165) is 17.7 Å². The number of hydrogen-bond donors (Lipinski definition) is 8. The average molecular weight is 1400 g/mol. The quantitative estimate of drug-likeness (QED) is 0.0161. The summed E-state index contributed by atoms with van der Waals surface area (Å²) >= 11 is 0.470. The van der Waals surface area contributed by atoms with Crippen LogP contribution in [-0.4, -0.2) is 115 Å². The number of methoxy groups -OCH3 is 5. The number of carbonyl (C=O) groups excluding carboxylic acids is 4. The lowest BCUT2D eigenvalue weighted by atomic mass is 10.2. The fraction of sp³-hybridized carbons (Fsp3) is 0.241. The zero-order valence-electron chi connectivity index (χ0n) is 50.2. The molecule has 8 amide bonds. The van der Waals surface area contributed by atoms with Gasteiger partial charge in [-0.3, -0.25) is 26.1 Å². The van der Waals surface area contributed by atoms with Crippen LogP contribution in [0.2, 0.25) is 0 Å². The van der Waals surface area contributed by atoms with Crippen LogP contribution >= 0.6 is 22.7 Å². The second kappa shape index (κ2) is 34.9. The lowest BCUT2D eigenvalue weighted by Gasteiger charge is -2.13. The van der Waals surface area contributed by atoms with E-state index in [2.05, 4.69) is 72.3 Å². The number of anilines is 8. The number of alkyl halides is 9. The van der Waals surface area contributed by atoms with Gasteiger partial charge in [-0.05, 0) is 74.0 Å². The number of nitriles is 1. The first-order valence-electron chi connectivity index (χ1n) is 26.2. The van der Waals surface area contributed by atoms with E-state index in [0.29, 0.717) is 53.6 Å². The normalized spacial score (nSPS) is 10.8. The first-order valence-corrected chi connectivity index (χ1v) is 27.8. The minimum absolute atomic E-state index is 0.00380. The van der Waals surface area contributed by atoms with Crippen LogP contribution in [0.5, 0.6) is 34.5 Å². The first kappa shape index (κ1) is 75.1. The third kappa shape index (κ3) is 23.5. The van der Waals surface area contributed by atoms with Gasteiger partial charge in [0.2, 0.25) is 26.0 Å². The van der Waals surface area contributed by atoms with Gasteiger partial charge in [-0.1, -0.05) is 27.8 Å². The predicted octanol–water partition coefficient (Wildman–Crippen LogP) is 13.2. The van der Waals surface area contributed by atoms with Crippen LogP contribution in [0.3, 0.4) is 0 Å². The molecule has 0 atom stereocenters. The van der Waals surface area contributed by atoms with Crippen LogP contribution in [0.1, 0.15) is 34.0 Å². The SMILES string of the molecule is CCOc1ccc(NC(=O)Nc2cc(C(F)(F)F)on2)c([N+](=O)[O-])c1.COCCOc1ccc(NC(=O)Nc2nnc(C(F)(F)F)s2)c(OC)c1.COc1cc(OC)c(NC(=O)Nc2ccc(C#N)nc2)cc1F.COc1ccc(NC(=O)Nc2nnc(C(F)(F)F)s2)c(C)c1. The number of carbonyl (C=O) groups is 4. The topological polar surface area (TPSA) is 387 Å². The van der Waals surface area contributed by atoms with Crippen molar-refractivity contribution in [1.29, 1.82) is 5.26 Å². The van der Waals surface area contributed by atoms with E-state index in [1.54, 1.807) is 51.3 Å².